The molecule has 0 saturated carbocycles. The molecule has 2 N–H and O–H groups in total. The van der Waals surface area contributed by atoms with E-state index in [1.165, 1.54) is 0 Å². The van der Waals surface area contributed by atoms with E-state index in [9.17, 15) is 9.59 Å². The Balaban J connectivity index is 2.43. The second kappa shape index (κ2) is 4.68. The Bertz CT molecular complexity index is 497. The number of rotatable bonds is 3. The Labute approximate surface area is 106 Å². The molecule has 0 radical (unpaired) electrons. The van der Waals surface area contributed by atoms with Gasteiger partial charge in [0.1, 0.15) is 0 Å². The topological polar surface area (TPSA) is 66.6 Å². The van der Waals surface area contributed by atoms with Gasteiger partial charge < -0.3 is 15.5 Å². The van der Waals surface area contributed by atoms with Crippen molar-refractivity contribution in [1.82, 2.24) is 0 Å². The van der Waals surface area contributed by atoms with Gasteiger partial charge >= 0.3 is 0 Å². The fourth-order valence-electron chi connectivity index (χ4n) is 2.20. The van der Waals surface area contributed by atoms with Crippen LogP contribution in [0.2, 0.25) is 0 Å². The van der Waals surface area contributed by atoms with Crippen molar-refractivity contribution in [2.45, 2.75) is 12.8 Å². The van der Waals surface area contributed by atoms with Crippen molar-refractivity contribution in [3.8, 4) is 0 Å². The first-order chi connectivity index (χ1) is 8.50. The molecule has 1 heterocycles. The van der Waals surface area contributed by atoms with Crippen LogP contribution in [0.3, 0.4) is 0 Å². The summed E-state index contributed by atoms with van der Waals surface area (Å²) < 4.78 is 0. The van der Waals surface area contributed by atoms with E-state index in [4.69, 9.17) is 5.73 Å². The van der Waals surface area contributed by atoms with Gasteiger partial charge in [-0.05, 0) is 24.6 Å². The van der Waals surface area contributed by atoms with Crippen LogP contribution in [0.4, 0.5) is 11.4 Å². The van der Waals surface area contributed by atoms with Crippen LogP contribution in [0.15, 0.2) is 18.2 Å². The molecule has 1 aliphatic heterocycles. The van der Waals surface area contributed by atoms with E-state index in [0.717, 1.165) is 17.8 Å². The zero-order valence-electron chi connectivity index (χ0n) is 10.6. The fourth-order valence-corrected chi connectivity index (χ4v) is 2.20. The quantitative estimate of drug-likeness (QED) is 0.865. The average molecular weight is 247 g/mol. The summed E-state index contributed by atoms with van der Waals surface area (Å²) >= 11 is 0. The van der Waals surface area contributed by atoms with Gasteiger partial charge in [-0.25, -0.2) is 0 Å². The minimum atomic E-state index is -0.479. The van der Waals surface area contributed by atoms with E-state index in [0.29, 0.717) is 18.5 Å². The average Bonchev–Trinajstić information content (AvgIpc) is 2.74. The van der Waals surface area contributed by atoms with Crippen LogP contribution in [0.5, 0.6) is 0 Å². The summed E-state index contributed by atoms with van der Waals surface area (Å²) in [7, 11) is 3.70. The number of amides is 2. The van der Waals surface area contributed by atoms with E-state index < -0.39 is 5.91 Å². The lowest BCUT2D eigenvalue weighted by Crippen LogP contribution is -2.25. The predicted molar refractivity (Wildman–Crippen MR) is 70.9 cm³/mol. The van der Waals surface area contributed by atoms with Crippen molar-refractivity contribution in [2.75, 3.05) is 30.4 Å². The van der Waals surface area contributed by atoms with Gasteiger partial charge in [-0.3, -0.25) is 9.59 Å². The number of hydrogen-bond acceptors (Lipinski definition) is 3. The van der Waals surface area contributed by atoms with Gasteiger partial charge in [-0.15, -0.1) is 0 Å². The third-order valence-electron chi connectivity index (χ3n) is 3.11. The third-order valence-corrected chi connectivity index (χ3v) is 3.11. The van der Waals surface area contributed by atoms with E-state index in [1.54, 1.807) is 11.0 Å². The van der Waals surface area contributed by atoms with Crippen LogP contribution in [-0.2, 0) is 4.79 Å². The second-order valence-corrected chi connectivity index (χ2v) is 4.61. The molecule has 0 unspecified atom stereocenters. The van der Waals surface area contributed by atoms with Crippen LogP contribution < -0.4 is 15.5 Å². The molecule has 0 bridgehead atoms. The summed E-state index contributed by atoms with van der Waals surface area (Å²) in [6.07, 6.45) is 1.43. The molecule has 2 rings (SSSR count). The second-order valence-electron chi connectivity index (χ2n) is 4.61. The first-order valence-electron chi connectivity index (χ1n) is 5.92. The number of anilines is 2. The maximum Gasteiger partial charge on any atom is 0.250 e. The molecule has 1 aromatic rings. The molecule has 0 aromatic heterocycles. The molecular formula is C13H17N3O2. The minimum absolute atomic E-state index is 0.100. The molecule has 1 saturated heterocycles. The molecule has 0 spiro atoms. The maximum atomic E-state index is 11.7. The molecule has 0 atom stereocenters. The molecular weight excluding hydrogens is 230 g/mol. The van der Waals surface area contributed by atoms with Gasteiger partial charge in [0, 0.05) is 38.4 Å². The Morgan fingerprint density at radius 3 is 2.61 bits per heavy atom. The molecule has 2 amide bonds. The molecule has 96 valence electrons. The van der Waals surface area contributed by atoms with Crippen LogP contribution >= 0.6 is 0 Å². The number of nitrogens with two attached hydrogens (primary N) is 1. The first kappa shape index (κ1) is 12.4. The number of primary amides is 1. The van der Waals surface area contributed by atoms with Crippen molar-refractivity contribution in [1.29, 1.82) is 0 Å². The molecule has 1 aromatic carbocycles. The monoisotopic (exact) mass is 247 g/mol. The summed E-state index contributed by atoms with van der Waals surface area (Å²) in [5.74, 6) is -0.379. The predicted octanol–water partition coefficient (Wildman–Crippen LogP) is 0.978. The van der Waals surface area contributed by atoms with Crippen molar-refractivity contribution < 1.29 is 9.59 Å². The summed E-state index contributed by atoms with van der Waals surface area (Å²) in [6, 6.07) is 5.37. The van der Waals surface area contributed by atoms with Crippen LogP contribution in [0, 0.1) is 0 Å². The number of carbonyl (C=O) groups excluding carboxylic acids is 2. The van der Waals surface area contributed by atoms with E-state index in [2.05, 4.69) is 0 Å². The summed E-state index contributed by atoms with van der Waals surface area (Å²) in [4.78, 5) is 26.7. The molecule has 5 nitrogen and oxygen atoms in total. The summed E-state index contributed by atoms with van der Waals surface area (Å²) in [6.45, 7) is 0.707. The Morgan fingerprint density at radius 1 is 1.39 bits per heavy atom. The van der Waals surface area contributed by atoms with E-state index in [1.807, 2.05) is 31.1 Å². The van der Waals surface area contributed by atoms with Gasteiger partial charge in [0.25, 0.3) is 5.91 Å². The van der Waals surface area contributed by atoms with Crippen molar-refractivity contribution in [2.24, 2.45) is 5.73 Å². The largest absolute Gasteiger partial charge is 0.377 e. The highest BCUT2D eigenvalue weighted by Crippen LogP contribution is 2.27. The van der Waals surface area contributed by atoms with Gasteiger partial charge in [-0.1, -0.05) is 0 Å². The molecule has 1 fully saturated rings. The van der Waals surface area contributed by atoms with Crippen LogP contribution in [0.1, 0.15) is 23.2 Å². The highest BCUT2D eigenvalue weighted by atomic mass is 16.2. The van der Waals surface area contributed by atoms with Crippen LogP contribution in [0.25, 0.3) is 0 Å². The first-order valence-corrected chi connectivity index (χ1v) is 5.92. The number of nitrogens with zero attached hydrogens (tertiary/aromatic N) is 2. The summed E-state index contributed by atoms with van der Waals surface area (Å²) in [5.41, 5.74) is 7.34. The highest BCUT2D eigenvalue weighted by Gasteiger charge is 2.23. The van der Waals surface area contributed by atoms with Crippen LogP contribution in [-0.4, -0.2) is 32.5 Å². The molecule has 0 aliphatic carbocycles. The lowest BCUT2D eigenvalue weighted by atomic mass is 10.1. The zero-order chi connectivity index (χ0) is 13.3. The lowest BCUT2D eigenvalue weighted by Gasteiger charge is -2.20. The number of hydrogen-bond donors (Lipinski definition) is 1. The third kappa shape index (κ3) is 2.16. The van der Waals surface area contributed by atoms with Crippen molar-refractivity contribution in [3.05, 3.63) is 23.8 Å². The standard InChI is InChI=1S/C13H17N3O2/c1-15(2)11-6-5-9(8-10(11)13(14)18)16-7-3-4-12(16)17/h5-6,8H,3-4,7H2,1-2H3,(H2,14,18). The zero-order valence-corrected chi connectivity index (χ0v) is 10.6. The van der Waals surface area contributed by atoms with Crippen molar-refractivity contribution in [3.63, 3.8) is 0 Å². The smallest absolute Gasteiger partial charge is 0.250 e. The maximum absolute atomic E-state index is 11.7. The Morgan fingerprint density at radius 2 is 2.11 bits per heavy atom. The summed E-state index contributed by atoms with van der Waals surface area (Å²) in [5, 5.41) is 0. The van der Waals surface area contributed by atoms with Gasteiger partial charge in [-0.2, -0.15) is 0 Å². The molecule has 5 heteroatoms. The number of benzene rings is 1. The Kier molecular flexibility index (Phi) is 3.23. The van der Waals surface area contributed by atoms with Gasteiger partial charge in [0.2, 0.25) is 5.91 Å². The normalized spacial score (nSPS) is 15.0. The van der Waals surface area contributed by atoms with E-state index >= 15 is 0 Å². The van der Waals surface area contributed by atoms with Crippen molar-refractivity contribution >= 4 is 23.2 Å². The minimum Gasteiger partial charge on any atom is -0.377 e. The van der Waals surface area contributed by atoms with Gasteiger partial charge in [0.15, 0.2) is 0 Å². The fraction of sp³-hybridized carbons (Fsp3) is 0.385. The molecule has 18 heavy (non-hydrogen) atoms. The molecule has 1 aliphatic rings. The van der Waals surface area contributed by atoms with E-state index in [-0.39, 0.29) is 5.91 Å². The Hall–Kier alpha value is -2.04. The number of carbonyl (C=O) groups is 2. The lowest BCUT2D eigenvalue weighted by molar-refractivity contribution is -0.117. The highest BCUT2D eigenvalue weighted by molar-refractivity contribution is 6.02. The SMILES string of the molecule is CN(C)c1ccc(N2CCCC2=O)cc1C(N)=O. The van der Waals surface area contributed by atoms with Gasteiger partial charge in [0.05, 0.1) is 5.56 Å².